The topological polar surface area (TPSA) is 6.48 Å². The van der Waals surface area contributed by atoms with E-state index < -0.39 is 0 Å². The molecule has 0 saturated heterocycles. The van der Waals surface area contributed by atoms with Crippen LogP contribution in [-0.2, 0) is 0 Å². The minimum atomic E-state index is 0.414. The fraction of sp³-hybridized carbons (Fsp3) is 0.150. The van der Waals surface area contributed by atoms with Gasteiger partial charge in [0.15, 0.2) is 0 Å². The van der Waals surface area contributed by atoms with Crippen LogP contribution in [0.1, 0.15) is 24.5 Å². The molecule has 1 atom stereocenters. The molecule has 4 aromatic rings. The first-order chi connectivity index (χ1) is 20.5. The second-order valence-electron chi connectivity index (χ2n) is 10.5. The molecule has 212 valence electrons. The van der Waals surface area contributed by atoms with E-state index in [2.05, 4.69) is 164 Å². The lowest BCUT2D eigenvalue weighted by atomic mass is 9.97. The normalized spacial score (nSPS) is 14.0. The van der Waals surface area contributed by atoms with Gasteiger partial charge in [0.2, 0.25) is 0 Å². The number of hydrogen-bond donors (Lipinski definition) is 0. The highest BCUT2D eigenvalue weighted by atomic mass is 15.1. The van der Waals surface area contributed by atoms with E-state index in [-0.39, 0.29) is 0 Å². The van der Waals surface area contributed by atoms with Crippen molar-refractivity contribution in [2.45, 2.75) is 20.3 Å². The van der Waals surface area contributed by atoms with Crippen molar-refractivity contribution >= 4 is 23.1 Å². The van der Waals surface area contributed by atoms with Gasteiger partial charge in [0.1, 0.15) is 0 Å². The quantitative estimate of drug-likeness (QED) is 0.151. The summed E-state index contributed by atoms with van der Waals surface area (Å²) in [6.07, 6.45) is 15.6. The average molecular weight is 551 g/mol. The molecule has 42 heavy (non-hydrogen) atoms. The van der Waals surface area contributed by atoms with E-state index in [1.807, 2.05) is 13.0 Å². The Labute approximate surface area is 253 Å². The van der Waals surface area contributed by atoms with Crippen molar-refractivity contribution in [1.82, 2.24) is 0 Å². The SMILES string of the molecule is C=C/C=C/c1ccc(N(C2=CC(CN(C)c3ccc(C)cc3)CC=C2)c2ccc(-c3ccccc3)cc2)cc1.C=CC. The summed E-state index contributed by atoms with van der Waals surface area (Å²) in [5.41, 5.74) is 9.62. The van der Waals surface area contributed by atoms with E-state index >= 15 is 0 Å². The number of aryl methyl sites for hydroxylation is 1. The van der Waals surface area contributed by atoms with Crippen molar-refractivity contribution in [3.05, 3.63) is 170 Å². The van der Waals surface area contributed by atoms with Crippen molar-refractivity contribution in [3.63, 3.8) is 0 Å². The average Bonchev–Trinajstić information content (AvgIpc) is 3.02. The van der Waals surface area contributed by atoms with E-state index in [1.54, 1.807) is 12.2 Å². The largest absolute Gasteiger partial charge is 0.374 e. The zero-order valence-electron chi connectivity index (χ0n) is 25.2. The molecule has 0 aliphatic heterocycles. The van der Waals surface area contributed by atoms with Gasteiger partial charge in [0.05, 0.1) is 0 Å². The molecule has 0 heterocycles. The molecule has 1 aliphatic rings. The van der Waals surface area contributed by atoms with E-state index in [9.17, 15) is 0 Å². The minimum absolute atomic E-state index is 0.414. The van der Waals surface area contributed by atoms with Gasteiger partial charge in [-0.3, -0.25) is 0 Å². The first-order valence-corrected chi connectivity index (χ1v) is 14.6. The molecule has 0 radical (unpaired) electrons. The van der Waals surface area contributed by atoms with Gasteiger partial charge in [-0.2, -0.15) is 0 Å². The van der Waals surface area contributed by atoms with Crippen molar-refractivity contribution in [1.29, 1.82) is 0 Å². The molecule has 1 unspecified atom stereocenters. The third-order valence-electron chi connectivity index (χ3n) is 7.18. The Morgan fingerprint density at radius 1 is 0.762 bits per heavy atom. The van der Waals surface area contributed by atoms with Crippen LogP contribution in [0.25, 0.3) is 17.2 Å². The van der Waals surface area contributed by atoms with Gasteiger partial charge in [-0.05, 0) is 79.4 Å². The van der Waals surface area contributed by atoms with E-state index in [0.717, 1.165) is 29.9 Å². The monoisotopic (exact) mass is 550 g/mol. The minimum Gasteiger partial charge on any atom is -0.374 e. The van der Waals surface area contributed by atoms with E-state index in [0.29, 0.717) is 5.92 Å². The Morgan fingerprint density at radius 2 is 1.33 bits per heavy atom. The lowest BCUT2D eigenvalue weighted by molar-refractivity contribution is 0.638. The highest BCUT2D eigenvalue weighted by Crippen LogP contribution is 2.35. The predicted molar refractivity (Wildman–Crippen MR) is 185 cm³/mol. The molecule has 2 heteroatoms. The molecule has 0 bridgehead atoms. The van der Waals surface area contributed by atoms with Crippen LogP contribution in [0.4, 0.5) is 17.1 Å². The number of rotatable bonds is 9. The summed E-state index contributed by atoms with van der Waals surface area (Å²) in [6, 6.07) is 36.9. The van der Waals surface area contributed by atoms with E-state index in [1.165, 1.54) is 28.1 Å². The van der Waals surface area contributed by atoms with Crippen LogP contribution in [0, 0.1) is 12.8 Å². The van der Waals surface area contributed by atoms with Crippen molar-refractivity contribution in [2.24, 2.45) is 5.92 Å². The fourth-order valence-electron chi connectivity index (χ4n) is 5.06. The predicted octanol–water partition coefficient (Wildman–Crippen LogP) is 10.8. The van der Waals surface area contributed by atoms with Gasteiger partial charge in [-0.25, -0.2) is 0 Å². The van der Waals surface area contributed by atoms with Crippen molar-refractivity contribution < 1.29 is 0 Å². The lowest BCUT2D eigenvalue weighted by Crippen LogP contribution is -2.26. The number of hydrogen-bond acceptors (Lipinski definition) is 2. The van der Waals surface area contributed by atoms with Crippen molar-refractivity contribution in [2.75, 3.05) is 23.4 Å². The highest BCUT2D eigenvalue weighted by Gasteiger charge is 2.19. The Kier molecular flexibility index (Phi) is 10.9. The molecular weight excluding hydrogens is 508 g/mol. The zero-order valence-corrected chi connectivity index (χ0v) is 25.2. The molecule has 1 aliphatic carbocycles. The summed E-state index contributed by atoms with van der Waals surface area (Å²) >= 11 is 0. The first-order valence-electron chi connectivity index (χ1n) is 14.6. The second kappa shape index (κ2) is 15.3. The third kappa shape index (κ3) is 8.11. The summed E-state index contributed by atoms with van der Waals surface area (Å²) in [4.78, 5) is 4.72. The Morgan fingerprint density at radius 3 is 1.95 bits per heavy atom. The Hall–Kier alpha value is -4.82. The summed E-state index contributed by atoms with van der Waals surface area (Å²) < 4.78 is 0. The molecule has 4 aromatic carbocycles. The lowest BCUT2D eigenvalue weighted by Gasteiger charge is -2.31. The molecule has 2 nitrogen and oxygen atoms in total. The standard InChI is InChI=1S/C37H36N2.C3H6/c1-4-5-10-30-17-23-35(24-18-30)39(36-25-19-33(20-26-36)32-12-7-6-8-13-32)37-14-9-11-31(27-37)28-38(3)34-21-15-29(2)16-22-34;1-3-2/h4-10,12-27,31H,1,11,28H2,2-3H3;3H,1H2,2H3/b10-5+;. The van der Waals surface area contributed by atoms with Crippen LogP contribution in [0.5, 0.6) is 0 Å². The molecule has 0 fully saturated rings. The zero-order chi connectivity index (χ0) is 29.7. The fourth-order valence-corrected chi connectivity index (χ4v) is 5.06. The van der Waals surface area contributed by atoms with Crippen LogP contribution in [0.2, 0.25) is 0 Å². The van der Waals surface area contributed by atoms with Crippen LogP contribution in [0.3, 0.4) is 0 Å². The summed E-state index contributed by atoms with van der Waals surface area (Å²) in [7, 11) is 2.19. The van der Waals surface area contributed by atoms with Crippen LogP contribution in [-0.4, -0.2) is 13.6 Å². The van der Waals surface area contributed by atoms with Crippen LogP contribution in [0.15, 0.2) is 158 Å². The molecule has 0 N–H and O–H groups in total. The number of nitrogens with zero attached hydrogens (tertiary/aromatic N) is 2. The Bertz CT molecular complexity index is 1510. The third-order valence-corrected chi connectivity index (χ3v) is 7.18. The van der Waals surface area contributed by atoms with Gasteiger partial charge in [0, 0.05) is 42.3 Å². The number of benzene rings is 4. The number of allylic oxidation sites excluding steroid dienone is 5. The summed E-state index contributed by atoms with van der Waals surface area (Å²) in [5.74, 6) is 0.414. The molecule has 0 amide bonds. The van der Waals surface area contributed by atoms with Crippen molar-refractivity contribution in [3.8, 4) is 11.1 Å². The van der Waals surface area contributed by atoms with Gasteiger partial charge < -0.3 is 9.80 Å². The molecular formula is C40H42N2. The van der Waals surface area contributed by atoms with Crippen LogP contribution >= 0.6 is 0 Å². The molecule has 0 spiro atoms. The molecule has 0 aromatic heterocycles. The van der Waals surface area contributed by atoms with Gasteiger partial charge >= 0.3 is 0 Å². The maximum atomic E-state index is 3.79. The van der Waals surface area contributed by atoms with Crippen LogP contribution < -0.4 is 9.80 Å². The smallest absolute Gasteiger partial charge is 0.0461 e. The molecule has 5 rings (SSSR count). The second-order valence-corrected chi connectivity index (χ2v) is 10.5. The van der Waals surface area contributed by atoms with Gasteiger partial charge in [-0.1, -0.05) is 115 Å². The highest BCUT2D eigenvalue weighted by molar-refractivity contribution is 5.74. The first kappa shape index (κ1) is 30.1. The van der Waals surface area contributed by atoms with Gasteiger partial charge in [0.25, 0.3) is 0 Å². The molecule has 0 saturated carbocycles. The maximum Gasteiger partial charge on any atom is 0.0461 e. The van der Waals surface area contributed by atoms with E-state index in [4.69, 9.17) is 0 Å². The Balaban J connectivity index is 0.00000129. The van der Waals surface area contributed by atoms with Gasteiger partial charge in [-0.15, -0.1) is 6.58 Å². The summed E-state index contributed by atoms with van der Waals surface area (Å²) in [6.45, 7) is 12.1. The number of anilines is 3. The summed E-state index contributed by atoms with van der Waals surface area (Å²) in [5, 5.41) is 0. The maximum absolute atomic E-state index is 3.79.